The SMILES string of the molecule is O=C(CC1CC(F)(F)C1)N[C@@H](c1cnn2cc([C@@H](NC(O)c3ccn(CCC(F)(F)F)n3)C3CCC(F)(F)CC3)nc2c1)C1CC1. The molecule has 0 bridgehead atoms. The second kappa shape index (κ2) is 12.4. The Morgan fingerprint density at radius 2 is 1.72 bits per heavy atom. The van der Waals surface area contributed by atoms with Crippen molar-refractivity contribution in [1.29, 1.82) is 0 Å². The van der Waals surface area contributed by atoms with E-state index in [1.807, 2.05) is 0 Å². The highest BCUT2D eigenvalue weighted by Crippen LogP contribution is 2.45. The van der Waals surface area contributed by atoms with Crippen LogP contribution in [0, 0.1) is 17.8 Å². The highest BCUT2D eigenvalue weighted by molar-refractivity contribution is 5.77. The average molecular weight is 660 g/mol. The zero-order chi connectivity index (χ0) is 32.9. The molecule has 3 aromatic heterocycles. The summed E-state index contributed by atoms with van der Waals surface area (Å²) in [5, 5.41) is 25.5. The summed E-state index contributed by atoms with van der Waals surface area (Å²) in [6.07, 6.45) is -1.48. The van der Waals surface area contributed by atoms with Gasteiger partial charge in [-0.2, -0.15) is 23.4 Å². The molecule has 3 atom stereocenters. The summed E-state index contributed by atoms with van der Waals surface area (Å²) < 4.78 is 95.1. The molecular formula is C30H36F7N7O2. The Bertz CT molecular complexity index is 1520. The lowest BCUT2D eigenvalue weighted by Gasteiger charge is -2.34. The molecule has 3 aliphatic carbocycles. The molecule has 6 rings (SSSR count). The number of aryl methyl sites for hydroxylation is 1. The molecule has 1 amide bonds. The van der Waals surface area contributed by atoms with Crippen LogP contribution >= 0.6 is 0 Å². The molecule has 0 aliphatic heterocycles. The van der Waals surface area contributed by atoms with Crippen LogP contribution in [-0.4, -0.2) is 53.4 Å². The molecule has 0 saturated heterocycles. The van der Waals surface area contributed by atoms with Gasteiger partial charge >= 0.3 is 6.18 Å². The fraction of sp³-hybridized carbons (Fsp3) is 0.667. The van der Waals surface area contributed by atoms with Crippen LogP contribution in [0.3, 0.4) is 0 Å². The minimum absolute atomic E-state index is 0.0265. The number of fused-ring (bicyclic) bond motifs is 1. The minimum Gasteiger partial charge on any atom is -0.373 e. The van der Waals surface area contributed by atoms with E-state index in [1.54, 1.807) is 18.5 Å². The molecule has 16 heteroatoms. The molecular weight excluding hydrogens is 623 g/mol. The lowest BCUT2D eigenvalue weighted by Crippen LogP contribution is -2.39. The summed E-state index contributed by atoms with van der Waals surface area (Å²) in [5.41, 5.74) is 1.62. The molecule has 3 heterocycles. The third-order valence-electron chi connectivity index (χ3n) is 9.23. The quantitative estimate of drug-likeness (QED) is 0.162. The van der Waals surface area contributed by atoms with E-state index in [4.69, 9.17) is 4.98 Å². The van der Waals surface area contributed by atoms with Crippen LogP contribution in [-0.2, 0) is 11.3 Å². The molecule has 3 aliphatic rings. The van der Waals surface area contributed by atoms with Gasteiger partial charge in [0, 0.05) is 44.8 Å². The first kappa shape index (κ1) is 32.7. The predicted octanol–water partition coefficient (Wildman–Crippen LogP) is 6.03. The molecule has 0 spiro atoms. The van der Waals surface area contributed by atoms with Crippen molar-refractivity contribution in [2.75, 3.05) is 0 Å². The van der Waals surface area contributed by atoms with E-state index in [1.165, 1.54) is 16.8 Å². The smallest absolute Gasteiger partial charge is 0.373 e. The van der Waals surface area contributed by atoms with Crippen molar-refractivity contribution in [1.82, 2.24) is 35.0 Å². The number of nitrogens with zero attached hydrogens (tertiary/aromatic N) is 5. The fourth-order valence-corrected chi connectivity index (χ4v) is 6.56. The van der Waals surface area contributed by atoms with Crippen molar-refractivity contribution < 1.29 is 40.6 Å². The number of aromatic nitrogens is 5. The summed E-state index contributed by atoms with van der Waals surface area (Å²) in [7, 11) is 0. The first-order valence-corrected chi connectivity index (χ1v) is 15.6. The van der Waals surface area contributed by atoms with Crippen molar-refractivity contribution in [3.63, 3.8) is 0 Å². The maximum absolute atomic E-state index is 14.1. The Labute approximate surface area is 259 Å². The van der Waals surface area contributed by atoms with Gasteiger partial charge in [0.15, 0.2) is 11.9 Å². The Morgan fingerprint density at radius 1 is 1.02 bits per heavy atom. The largest absolute Gasteiger partial charge is 0.390 e. The number of imidazole rings is 1. The number of aliphatic hydroxyl groups is 1. The third-order valence-corrected chi connectivity index (χ3v) is 9.23. The van der Waals surface area contributed by atoms with Gasteiger partial charge in [-0.25, -0.2) is 27.1 Å². The van der Waals surface area contributed by atoms with Crippen LogP contribution in [0.2, 0.25) is 0 Å². The fourth-order valence-electron chi connectivity index (χ4n) is 6.56. The van der Waals surface area contributed by atoms with E-state index in [0.29, 0.717) is 16.9 Å². The normalized spacial score (nSPS) is 22.3. The van der Waals surface area contributed by atoms with E-state index in [9.17, 15) is 40.6 Å². The van der Waals surface area contributed by atoms with Crippen LogP contribution < -0.4 is 10.6 Å². The van der Waals surface area contributed by atoms with Crippen molar-refractivity contribution in [3.05, 3.63) is 47.7 Å². The summed E-state index contributed by atoms with van der Waals surface area (Å²) in [6, 6.07) is 2.08. The van der Waals surface area contributed by atoms with Gasteiger partial charge in [0.05, 0.1) is 36.6 Å². The number of rotatable bonds is 12. The lowest BCUT2D eigenvalue weighted by molar-refractivity contribution is -0.137. The maximum Gasteiger partial charge on any atom is 0.390 e. The molecule has 3 fully saturated rings. The van der Waals surface area contributed by atoms with E-state index in [-0.39, 0.29) is 80.3 Å². The Morgan fingerprint density at radius 3 is 2.37 bits per heavy atom. The second-order valence-electron chi connectivity index (χ2n) is 13.1. The molecule has 0 radical (unpaired) electrons. The van der Waals surface area contributed by atoms with Gasteiger partial charge in [0.25, 0.3) is 0 Å². The summed E-state index contributed by atoms with van der Waals surface area (Å²) in [6.45, 7) is -0.420. The molecule has 46 heavy (non-hydrogen) atoms. The third kappa shape index (κ3) is 7.99. The maximum atomic E-state index is 14.1. The number of hydrogen-bond acceptors (Lipinski definition) is 6. The van der Waals surface area contributed by atoms with Gasteiger partial charge in [-0.3, -0.25) is 14.8 Å². The molecule has 3 aromatic rings. The van der Waals surface area contributed by atoms with E-state index in [2.05, 4.69) is 20.8 Å². The monoisotopic (exact) mass is 659 g/mol. The number of amides is 1. The zero-order valence-corrected chi connectivity index (χ0v) is 24.9. The number of hydrogen-bond donors (Lipinski definition) is 3. The van der Waals surface area contributed by atoms with Crippen LogP contribution in [0.1, 0.15) is 99.5 Å². The van der Waals surface area contributed by atoms with E-state index < -0.39 is 43.3 Å². The molecule has 3 saturated carbocycles. The number of carbonyl (C=O) groups is 1. The van der Waals surface area contributed by atoms with Gasteiger partial charge in [0.2, 0.25) is 17.8 Å². The molecule has 1 unspecified atom stereocenters. The Kier molecular flexibility index (Phi) is 8.80. The van der Waals surface area contributed by atoms with Crippen molar-refractivity contribution in [3.8, 4) is 0 Å². The summed E-state index contributed by atoms with van der Waals surface area (Å²) in [5.74, 6) is -6.31. The average Bonchev–Trinajstić information content (AvgIpc) is 3.52. The van der Waals surface area contributed by atoms with E-state index in [0.717, 1.165) is 17.5 Å². The lowest BCUT2D eigenvalue weighted by atomic mass is 9.79. The van der Waals surface area contributed by atoms with Gasteiger partial charge in [-0.15, -0.1) is 0 Å². The highest BCUT2D eigenvalue weighted by atomic mass is 19.4. The zero-order valence-electron chi connectivity index (χ0n) is 24.9. The van der Waals surface area contributed by atoms with Gasteiger partial charge in [-0.05, 0) is 61.1 Å². The highest BCUT2D eigenvalue weighted by Gasteiger charge is 2.46. The number of halogens is 7. The number of nitrogens with one attached hydrogen (secondary N) is 2. The molecule has 3 N–H and O–H groups in total. The van der Waals surface area contributed by atoms with Crippen LogP contribution in [0.5, 0.6) is 0 Å². The van der Waals surface area contributed by atoms with E-state index >= 15 is 0 Å². The van der Waals surface area contributed by atoms with Crippen molar-refractivity contribution in [2.45, 2.75) is 107 Å². The Balaban J connectivity index is 1.20. The van der Waals surface area contributed by atoms with Crippen molar-refractivity contribution >= 4 is 11.6 Å². The van der Waals surface area contributed by atoms with Crippen LogP contribution in [0.15, 0.2) is 30.7 Å². The second-order valence-corrected chi connectivity index (χ2v) is 13.1. The standard InChI is InChI=1S/C30H36F7N7O2/c31-28(32)6-3-19(4-7-28)26(41-27(46)21-5-9-43(42-21)10-8-30(35,36)37)22-16-44-23(39-22)12-20(15-38-44)25(18-1-2-18)40-24(45)11-17-13-29(33,34)14-17/h5,9,12,15-19,25-27,41,46H,1-4,6-8,10-11,13-14H2,(H,40,45)/t25-,26+,27?/m1/s1. The molecule has 9 nitrogen and oxygen atoms in total. The van der Waals surface area contributed by atoms with Gasteiger partial charge in [0.1, 0.15) is 5.69 Å². The number of carbonyl (C=O) groups excluding carboxylic acids is 1. The number of alkyl halides is 7. The predicted molar refractivity (Wildman–Crippen MR) is 150 cm³/mol. The summed E-state index contributed by atoms with van der Waals surface area (Å²) >= 11 is 0. The molecule has 0 aromatic carbocycles. The van der Waals surface area contributed by atoms with Crippen LogP contribution in [0.25, 0.3) is 5.65 Å². The minimum atomic E-state index is -4.37. The first-order valence-electron chi connectivity index (χ1n) is 15.6. The first-order chi connectivity index (χ1) is 21.6. The summed E-state index contributed by atoms with van der Waals surface area (Å²) in [4.78, 5) is 17.4. The van der Waals surface area contributed by atoms with Crippen molar-refractivity contribution in [2.24, 2.45) is 17.8 Å². The van der Waals surface area contributed by atoms with Gasteiger partial charge in [-0.1, -0.05) is 0 Å². The number of aliphatic hydroxyl groups excluding tert-OH is 1. The van der Waals surface area contributed by atoms with Crippen LogP contribution in [0.4, 0.5) is 30.7 Å². The topological polar surface area (TPSA) is 109 Å². The molecule has 252 valence electrons. The van der Waals surface area contributed by atoms with Gasteiger partial charge < -0.3 is 10.4 Å². The Hall–Kier alpha value is -3.27.